The summed E-state index contributed by atoms with van der Waals surface area (Å²) in [7, 11) is 0. The summed E-state index contributed by atoms with van der Waals surface area (Å²) in [6.07, 6.45) is 2.80. The van der Waals surface area contributed by atoms with Gasteiger partial charge in [-0.25, -0.2) is 9.97 Å². The first kappa shape index (κ1) is 13.2. The molecule has 1 aliphatic carbocycles. The monoisotopic (exact) mass is 269 g/mol. The van der Waals surface area contributed by atoms with Crippen molar-refractivity contribution in [2.75, 3.05) is 6.54 Å². The molecule has 2 aromatic rings. The van der Waals surface area contributed by atoms with Gasteiger partial charge in [-0.2, -0.15) is 0 Å². The molecule has 3 N–H and O–H groups in total. The third-order valence-electron chi connectivity index (χ3n) is 4.36. The maximum Gasteiger partial charge on any atom is 0.125 e. The summed E-state index contributed by atoms with van der Waals surface area (Å²) in [6.45, 7) is 2.24. The number of hydrogen-bond acceptors (Lipinski definition) is 4. The van der Waals surface area contributed by atoms with E-state index in [1.54, 1.807) is 12.3 Å². The average Bonchev–Trinajstić information content (AvgIpc) is 2.86. The third kappa shape index (κ3) is 1.92. The van der Waals surface area contributed by atoms with Crippen LogP contribution >= 0.6 is 0 Å². The van der Waals surface area contributed by atoms with E-state index >= 15 is 0 Å². The molecule has 0 spiro atoms. The van der Waals surface area contributed by atoms with E-state index < -0.39 is 11.5 Å². The molecule has 3 rings (SSSR count). The molecule has 1 heterocycles. The van der Waals surface area contributed by atoms with Crippen LogP contribution in [0.5, 0.6) is 0 Å². The minimum absolute atomic E-state index is 0.411. The molecule has 104 valence electrons. The van der Waals surface area contributed by atoms with E-state index in [0.29, 0.717) is 18.1 Å². The summed E-state index contributed by atoms with van der Waals surface area (Å²) >= 11 is 0. The standard InChI is InChI=1S/C16H19N3O/c1-11-18-9-7-14(19-11)15(20)16(10-17)8-6-12-4-2-3-5-13(12)16/h2-5,7,9,15,20H,6,8,10,17H2,1H3. The smallest absolute Gasteiger partial charge is 0.125 e. The van der Waals surface area contributed by atoms with Gasteiger partial charge in [0.25, 0.3) is 0 Å². The van der Waals surface area contributed by atoms with Gasteiger partial charge in [-0.1, -0.05) is 24.3 Å². The van der Waals surface area contributed by atoms with Crippen LogP contribution in [-0.4, -0.2) is 21.6 Å². The molecule has 20 heavy (non-hydrogen) atoms. The van der Waals surface area contributed by atoms with Crippen molar-refractivity contribution in [2.45, 2.75) is 31.3 Å². The second kappa shape index (κ2) is 4.96. The number of aliphatic hydroxyl groups excluding tert-OH is 1. The topological polar surface area (TPSA) is 72.0 Å². The van der Waals surface area contributed by atoms with Crippen LogP contribution in [0, 0.1) is 6.92 Å². The zero-order chi connectivity index (χ0) is 14.2. The lowest BCUT2D eigenvalue weighted by Gasteiger charge is -2.34. The Morgan fingerprint density at radius 1 is 1.35 bits per heavy atom. The van der Waals surface area contributed by atoms with Crippen molar-refractivity contribution in [1.29, 1.82) is 0 Å². The molecular formula is C16H19N3O. The Bertz CT molecular complexity index is 629. The van der Waals surface area contributed by atoms with Gasteiger partial charge in [0.1, 0.15) is 11.9 Å². The number of nitrogens with zero attached hydrogens (tertiary/aromatic N) is 2. The van der Waals surface area contributed by atoms with E-state index in [0.717, 1.165) is 18.4 Å². The van der Waals surface area contributed by atoms with Crippen molar-refractivity contribution >= 4 is 0 Å². The maximum atomic E-state index is 10.9. The lowest BCUT2D eigenvalue weighted by atomic mass is 9.75. The van der Waals surface area contributed by atoms with E-state index in [9.17, 15) is 5.11 Å². The first-order chi connectivity index (χ1) is 9.67. The second-order valence-electron chi connectivity index (χ2n) is 5.45. The largest absolute Gasteiger partial charge is 0.386 e. The van der Waals surface area contributed by atoms with Crippen molar-refractivity contribution in [2.24, 2.45) is 5.73 Å². The van der Waals surface area contributed by atoms with Gasteiger partial charge in [0.05, 0.1) is 5.69 Å². The summed E-state index contributed by atoms with van der Waals surface area (Å²) in [5.74, 6) is 0.667. The molecule has 4 nitrogen and oxygen atoms in total. The van der Waals surface area contributed by atoms with E-state index in [1.807, 2.05) is 19.1 Å². The Balaban J connectivity index is 2.07. The highest BCUT2D eigenvalue weighted by molar-refractivity contribution is 5.42. The fourth-order valence-corrected chi connectivity index (χ4v) is 3.23. The van der Waals surface area contributed by atoms with E-state index in [1.165, 1.54) is 5.56 Å². The molecule has 0 bridgehead atoms. The van der Waals surface area contributed by atoms with Crippen LogP contribution < -0.4 is 5.73 Å². The minimum atomic E-state index is -0.696. The van der Waals surface area contributed by atoms with Gasteiger partial charge < -0.3 is 10.8 Å². The van der Waals surface area contributed by atoms with E-state index in [2.05, 4.69) is 22.1 Å². The molecule has 0 radical (unpaired) electrons. The first-order valence-electron chi connectivity index (χ1n) is 6.93. The Morgan fingerprint density at radius 3 is 2.90 bits per heavy atom. The van der Waals surface area contributed by atoms with E-state index in [-0.39, 0.29) is 0 Å². The van der Waals surface area contributed by atoms with Gasteiger partial charge in [0.15, 0.2) is 0 Å². The van der Waals surface area contributed by atoms with Crippen LogP contribution in [-0.2, 0) is 11.8 Å². The normalized spacial score (nSPS) is 22.6. The number of benzene rings is 1. The number of nitrogens with two attached hydrogens (primary N) is 1. The van der Waals surface area contributed by atoms with Crippen molar-refractivity contribution in [3.63, 3.8) is 0 Å². The Hall–Kier alpha value is -1.78. The number of hydrogen-bond donors (Lipinski definition) is 2. The van der Waals surface area contributed by atoms with Crippen LogP contribution in [0.15, 0.2) is 36.5 Å². The molecule has 0 fully saturated rings. The number of aryl methyl sites for hydroxylation is 2. The lowest BCUT2D eigenvalue weighted by molar-refractivity contribution is 0.0799. The lowest BCUT2D eigenvalue weighted by Crippen LogP contribution is -2.39. The predicted molar refractivity (Wildman–Crippen MR) is 77.2 cm³/mol. The average molecular weight is 269 g/mol. The Kier molecular flexibility index (Phi) is 3.28. The molecule has 0 saturated carbocycles. The van der Waals surface area contributed by atoms with Crippen LogP contribution in [0.25, 0.3) is 0 Å². The molecule has 2 unspecified atom stereocenters. The molecular weight excluding hydrogens is 250 g/mol. The van der Waals surface area contributed by atoms with Crippen LogP contribution in [0.1, 0.15) is 35.2 Å². The highest BCUT2D eigenvalue weighted by atomic mass is 16.3. The summed E-state index contributed by atoms with van der Waals surface area (Å²) < 4.78 is 0. The number of fused-ring (bicyclic) bond motifs is 1. The van der Waals surface area contributed by atoms with Crippen molar-refractivity contribution < 1.29 is 5.11 Å². The number of aliphatic hydroxyl groups is 1. The second-order valence-corrected chi connectivity index (χ2v) is 5.45. The van der Waals surface area contributed by atoms with Gasteiger partial charge in [-0.3, -0.25) is 0 Å². The van der Waals surface area contributed by atoms with Gasteiger partial charge in [-0.05, 0) is 37.0 Å². The maximum absolute atomic E-state index is 10.9. The molecule has 1 aliphatic rings. The zero-order valence-corrected chi connectivity index (χ0v) is 11.6. The number of aromatic nitrogens is 2. The molecule has 0 aliphatic heterocycles. The Labute approximate surface area is 118 Å². The van der Waals surface area contributed by atoms with Gasteiger partial charge in [0.2, 0.25) is 0 Å². The number of rotatable bonds is 3. The van der Waals surface area contributed by atoms with Gasteiger partial charge >= 0.3 is 0 Å². The molecule has 4 heteroatoms. The minimum Gasteiger partial charge on any atom is -0.386 e. The summed E-state index contributed by atoms with van der Waals surface area (Å²) in [5.41, 5.74) is 8.71. The van der Waals surface area contributed by atoms with Crippen LogP contribution in [0.3, 0.4) is 0 Å². The van der Waals surface area contributed by atoms with Crippen molar-refractivity contribution in [3.8, 4) is 0 Å². The fraction of sp³-hybridized carbons (Fsp3) is 0.375. The van der Waals surface area contributed by atoms with Crippen LogP contribution in [0.4, 0.5) is 0 Å². The van der Waals surface area contributed by atoms with Gasteiger partial charge in [0, 0.05) is 18.2 Å². The molecule has 0 amide bonds. The molecule has 1 aromatic carbocycles. The fourth-order valence-electron chi connectivity index (χ4n) is 3.23. The molecule has 1 aromatic heterocycles. The van der Waals surface area contributed by atoms with Crippen molar-refractivity contribution in [3.05, 3.63) is 59.2 Å². The quantitative estimate of drug-likeness (QED) is 0.889. The SMILES string of the molecule is Cc1nccc(C(O)C2(CN)CCc3ccccc32)n1. The first-order valence-corrected chi connectivity index (χ1v) is 6.93. The summed E-state index contributed by atoms with van der Waals surface area (Å²) in [6, 6.07) is 10.0. The predicted octanol–water partition coefficient (Wildman–Crippen LogP) is 1.66. The van der Waals surface area contributed by atoms with Crippen molar-refractivity contribution in [1.82, 2.24) is 9.97 Å². The zero-order valence-electron chi connectivity index (χ0n) is 11.6. The highest BCUT2D eigenvalue weighted by Crippen LogP contribution is 2.46. The summed E-state index contributed by atoms with van der Waals surface area (Å²) in [4.78, 5) is 8.46. The van der Waals surface area contributed by atoms with E-state index in [4.69, 9.17) is 5.73 Å². The highest BCUT2D eigenvalue weighted by Gasteiger charge is 2.44. The third-order valence-corrected chi connectivity index (χ3v) is 4.36. The Morgan fingerprint density at radius 2 is 2.15 bits per heavy atom. The summed E-state index contributed by atoms with van der Waals surface area (Å²) in [5, 5.41) is 10.9. The van der Waals surface area contributed by atoms with Crippen LogP contribution in [0.2, 0.25) is 0 Å². The molecule has 2 atom stereocenters. The molecule has 0 saturated heterocycles. The van der Waals surface area contributed by atoms with Gasteiger partial charge in [-0.15, -0.1) is 0 Å².